The molecule has 2 aromatic heterocycles. The molecule has 2 aliphatic heterocycles. The molecule has 4 heterocycles. The fourth-order valence-corrected chi connectivity index (χ4v) is 4.52. The van der Waals surface area contributed by atoms with Crippen LogP contribution in [0, 0.1) is 5.92 Å². The molecule has 6 nitrogen and oxygen atoms in total. The second-order valence-corrected chi connectivity index (χ2v) is 8.30. The van der Waals surface area contributed by atoms with Gasteiger partial charge in [0.25, 0.3) is 0 Å². The highest BCUT2D eigenvalue weighted by molar-refractivity contribution is 7.10. The van der Waals surface area contributed by atoms with Crippen molar-refractivity contribution in [2.24, 2.45) is 5.92 Å². The first-order valence-corrected chi connectivity index (χ1v) is 9.87. The minimum absolute atomic E-state index is 0.0904. The number of rotatable bonds is 4. The van der Waals surface area contributed by atoms with E-state index in [0.717, 1.165) is 44.8 Å². The van der Waals surface area contributed by atoms with Crippen molar-refractivity contribution in [3.8, 4) is 0 Å². The number of thiophene rings is 1. The van der Waals surface area contributed by atoms with Gasteiger partial charge in [0, 0.05) is 30.4 Å². The molecule has 1 amide bonds. The predicted octanol–water partition coefficient (Wildman–Crippen LogP) is 2.66. The summed E-state index contributed by atoms with van der Waals surface area (Å²) in [7, 11) is 0. The second-order valence-electron chi connectivity index (χ2n) is 7.30. The zero-order valence-corrected chi connectivity index (χ0v) is 15.6. The smallest absolute Gasteiger partial charge is 0.240 e. The highest BCUT2D eigenvalue weighted by Gasteiger charge is 2.33. The van der Waals surface area contributed by atoms with Gasteiger partial charge in [-0.1, -0.05) is 19.0 Å². The van der Waals surface area contributed by atoms with Crippen LogP contribution in [0.3, 0.4) is 0 Å². The molecule has 2 aliphatic rings. The Morgan fingerprint density at radius 1 is 1.44 bits per heavy atom. The molecule has 0 aromatic carbocycles. The summed E-state index contributed by atoms with van der Waals surface area (Å²) in [5.41, 5.74) is 1.33. The number of likely N-dealkylation sites (tertiary alicyclic amines) is 1. The summed E-state index contributed by atoms with van der Waals surface area (Å²) in [6.45, 7) is 8.06. The minimum Gasteiger partial charge on any atom is -0.338 e. The lowest BCUT2D eigenvalue weighted by molar-refractivity contribution is -0.136. The van der Waals surface area contributed by atoms with Crippen LogP contribution in [-0.2, 0) is 24.3 Å². The van der Waals surface area contributed by atoms with Gasteiger partial charge in [0.15, 0.2) is 5.82 Å². The van der Waals surface area contributed by atoms with Gasteiger partial charge in [-0.3, -0.25) is 9.69 Å². The lowest BCUT2D eigenvalue weighted by Crippen LogP contribution is -2.40. The highest BCUT2D eigenvalue weighted by atomic mass is 32.1. The number of carbonyl (C=O) groups is 1. The molecule has 25 heavy (non-hydrogen) atoms. The quantitative estimate of drug-likeness (QED) is 0.839. The third-order valence-corrected chi connectivity index (χ3v) is 6.12. The molecule has 0 saturated carbocycles. The van der Waals surface area contributed by atoms with Gasteiger partial charge in [0.1, 0.15) is 0 Å². The van der Waals surface area contributed by atoms with Crippen molar-refractivity contribution in [2.75, 3.05) is 19.6 Å². The number of nitrogens with zero attached hydrogens (tertiary/aromatic N) is 4. The molecule has 4 rings (SSSR count). The number of amides is 1. The minimum atomic E-state index is 0.0904. The van der Waals surface area contributed by atoms with Crippen LogP contribution in [0.4, 0.5) is 0 Å². The van der Waals surface area contributed by atoms with Crippen molar-refractivity contribution in [1.82, 2.24) is 19.9 Å². The Morgan fingerprint density at radius 3 is 3.12 bits per heavy atom. The van der Waals surface area contributed by atoms with E-state index in [1.165, 1.54) is 10.4 Å². The number of fused-ring (bicyclic) bond motifs is 1. The van der Waals surface area contributed by atoms with E-state index in [1.807, 2.05) is 16.2 Å². The summed E-state index contributed by atoms with van der Waals surface area (Å²) in [5, 5.41) is 6.15. The van der Waals surface area contributed by atoms with Gasteiger partial charge in [-0.05, 0) is 36.4 Å². The van der Waals surface area contributed by atoms with Crippen LogP contribution in [0.5, 0.6) is 0 Å². The molecule has 0 N–H and O–H groups in total. The molecule has 0 bridgehead atoms. The Bertz CT molecular complexity index is 754. The number of hydrogen-bond donors (Lipinski definition) is 0. The lowest BCUT2D eigenvalue weighted by Gasteiger charge is -2.29. The third kappa shape index (κ3) is 3.48. The van der Waals surface area contributed by atoms with E-state index in [9.17, 15) is 4.79 Å². The highest BCUT2D eigenvalue weighted by Crippen LogP contribution is 2.27. The average Bonchev–Trinajstić information content (AvgIpc) is 3.34. The zero-order chi connectivity index (χ0) is 17.4. The Hall–Kier alpha value is -1.73. The Kier molecular flexibility index (Phi) is 4.60. The summed E-state index contributed by atoms with van der Waals surface area (Å²) in [5.74, 6) is 2.06. The molecule has 1 fully saturated rings. The van der Waals surface area contributed by atoms with E-state index >= 15 is 0 Å². The zero-order valence-electron chi connectivity index (χ0n) is 14.8. The van der Waals surface area contributed by atoms with Gasteiger partial charge in [0.2, 0.25) is 11.8 Å². The van der Waals surface area contributed by atoms with Gasteiger partial charge in [-0.2, -0.15) is 4.98 Å². The summed E-state index contributed by atoms with van der Waals surface area (Å²) >= 11 is 1.81. The van der Waals surface area contributed by atoms with Crippen molar-refractivity contribution in [3.63, 3.8) is 0 Å². The number of aromatic nitrogens is 2. The van der Waals surface area contributed by atoms with Gasteiger partial charge in [-0.15, -0.1) is 11.3 Å². The van der Waals surface area contributed by atoms with Crippen LogP contribution in [0.25, 0.3) is 0 Å². The Labute approximate surface area is 151 Å². The van der Waals surface area contributed by atoms with Crippen LogP contribution in [0.15, 0.2) is 16.0 Å². The summed E-state index contributed by atoms with van der Waals surface area (Å²) in [4.78, 5) is 23.0. The van der Waals surface area contributed by atoms with E-state index in [-0.39, 0.29) is 11.8 Å². The average molecular weight is 360 g/mol. The van der Waals surface area contributed by atoms with E-state index in [4.69, 9.17) is 4.52 Å². The summed E-state index contributed by atoms with van der Waals surface area (Å²) < 4.78 is 5.33. The van der Waals surface area contributed by atoms with Gasteiger partial charge in [-0.25, -0.2) is 0 Å². The van der Waals surface area contributed by atoms with E-state index in [0.29, 0.717) is 18.3 Å². The van der Waals surface area contributed by atoms with Crippen LogP contribution in [0.2, 0.25) is 0 Å². The van der Waals surface area contributed by atoms with E-state index in [1.54, 1.807) is 0 Å². The summed E-state index contributed by atoms with van der Waals surface area (Å²) in [6, 6.07) is 2.16. The number of carbonyl (C=O) groups excluding carboxylic acids is 1. The second kappa shape index (κ2) is 6.88. The standard InChI is InChI=1S/C18H24N4O2S/c1-12(2)17-19-16(24-20-17)11-21-6-3-14(9-21)18(23)22-7-4-15-13(10-22)5-8-25-15/h5,8,12,14H,3-4,6-7,9-11H2,1-2H3. The van der Waals surface area contributed by atoms with Gasteiger partial charge in [0.05, 0.1) is 12.5 Å². The Morgan fingerprint density at radius 2 is 2.32 bits per heavy atom. The molecule has 2 aromatic rings. The van der Waals surface area contributed by atoms with Crippen molar-refractivity contribution < 1.29 is 9.32 Å². The molecule has 1 unspecified atom stereocenters. The predicted molar refractivity (Wildman–Crippen MR) is 95.2 cm³/mol. The molecule has 1 atom stereocenters. The molecular formula is C18H24N4O2S. The molecule has 7 heteroatoms. The molecule has 0 radical (unpaired) electrons. The maximum Gasteiger partial charge on any atom is 0.240 e. The fourth-order valence-electron chi connectivity index (χ4n) is 3.63. The van der Waals surface area contributed by atoms with Crippen LogP contribution in [-0.4, -0.2) is 45.5 Å². The lowest BCUT2D eigenvalue weighted by atomic mass is 10.0. The van der Waals surface area contributed by atoms with Crippen LogP contribution >= 0.6 is 11.3 Å². The first kappa shape index (κ1) is 16.7. The van der Waals surface area contributed by atoms with Gasteiger partial charge >= 0.3 is 0 Å². The molecule has 1 saturated heterocycles. The van der Waals surface area contributed by atoms with Gasteiger partial charge < -0.3 is 9.42 Å². The van der Waals surface area contributed by atoms with Crippen molar-refractivity contribution >= 4 is 17.2 Å². The molecule has 134 valence electrons. The first-order chi connectivity index (χ1) is 12.1. The number of hydrogen-bond acceptors (Lipinski definition) is 6. The largest absolute Gasteiger partial charge is 0.338 e. The van der Waals surface area contributed by atoms with Crippen LogP contribution < -0.4 is 0 Å². The molecular weight excluding hydrogens is 336 g/mol. The monoisotopic (exact) mass is 360 g/mol. The topological polar surface area (TPSA) is 62.5 Å². The SMILES string of the molecule is CC(C)c1noc(CN2CCC(C(=O)N3CCc4sccc4C3)C2)n1. The maximum atomic E-state index is 12.9. The van der Waals surface area contributed by atoms with Crippen molar-refractivity contribution in [1.29, 1.82) is 0 Å². The van der Waals surface area contributed by atoms with Crippen LogP contribution in [0.1, 0.15) is 48.3 Å². The molecule has 0 aliphatic carbocycles. The van der Waals surface area contributed by atoms with Crippen molar-refractivity contribution in [2.45, 2.75) is 45.7 Å². The summed E-state index contributed by atoms with van der Waals surface area (Å²) in [6.07, 6.45) is 1.91. The third-order valence-electron chi connectivity index (χ3n) is 5.10. The normalized spacial score (nSPS) is 21.1. The maximum absolute atomic E-state index is 12.9. The Balaban J connectivity index is 1.33. The van der Waals surface area contributed by atoms with Crippen molar-refractivity contribution in [3.05, 3.63) is 33.6 Å². The van der Waals surface area contributed by atoms with E-state index < -0.39 is 0 Å². The van der Waals surface area contributed by atoms with E-state index in [2.05, 4.69) is 40.3 Å². The fraction of sp³-hybridized carbons (Fsp3) is 0.611. The first-order valence-electron chi connectivity index (χ1n) is 8.99. The molecule has 0 spiro atoms.